The van der Waals surface area contributed by atoms with Gasteiger partial charge < -0.3 is 4.74 Å². The summed E-state index contributed by atoms with van der Waals surface area (Å²) in [6.07, 6.45) is 0. The molecule has 2 bridgehead atoms. The third kappa shape index (κ3) is 4.20. The predicted octanol–water partition coefficient (Wildman–Crippen LogP) is 3.70. The van der Waals surface area contributed by atoms with E-state index in [9.17, 15) is 24.0 Å². The molecule has 2 N–H and O–H groups in total. The van der Waals surface area contributed by atoms with E-state index in [4.69, 9.17) is 4.74 Å². The van der Waals surface area contributed by atoms with Crippen molar-refractivity contribution < 1.29 is 28.7 Å². The van der Waals surface area contributed by atoms with Crippen LogP contribution in [-0.4, -0.2) is 36.2 Å². The number of nitrogens with zero attached hydrogens (tertiary/aromatic N) is 1. The minimum atomic E-state index is -0.884. The molecule has 0 spiro atoms. The number of amides is 4. The van der Waals surface area contributed by atoms with Gasteiger partial charge in [0.15, 0.2) is 6.61 Å². The van der Waals surface area contributed by atoms with E-state index < -0.39 is 36.2 Å². The number of benzene rings is 4. The highest BCUT2D eigenvalue weighted by Crippen LogP contribution is 2.61. The lowest BCUT2D eigenvalue weighted by molar-refractivity contribution is -0.125. The number of rotatable bonds is 5. The maximum atomic E-state index is 14.1. The Kier molecular flexibility index (Phi) is 6.35. The van der Waals surface area contributed by atoms with Crippen molar-refractivity contribution in [2.45, 2.75) is 11.8 Å². The van der Waals surface area contributed by atoms with Gasteiger partial charge >= 0.3 is 5.97 Å². The summed E-state index contributed by atoms with van der Waals surface area (Å²) >= 11 is 0. The van der Waals surface area contributed by atoms with Gasteiger partial charge in [-0.3, -0.25) is 30.0 Å². The Morgan fingerprint density at radius 3 is 1.67 bits per heavy atom. The van der Waals surface area contributed by atoms with Gasteiger partial charge in [-0.15, -0.1) is 0 Å². The summed E-state index contributed by atoms with van der Waals surface area (Å²) in [7, 11) is 0. The van der Waals surface area contributed by atoms with Crippen molar-refractivity contribution in [3.05, 3.63) is 137 Å². The number of carbonyl (C=O) groups is 5. The lowest BCUT2D eigenvalue weighted by Crippen LogP contribution is -2.43. The highest BCUT2D eigenvalue weighted by molar-refractivity contribution is 6.25. The Labute approximate surface area is 246 Å². The van der Waals surface area contributed by atoms with Crippen LogP contribution in [0.15, 0.2) is 103 Å². The quantitative estimate of drug-likeness (QED) is 0.214. The van der Waals surface area contributed by atoms with Gasteiger partial charge in [-0.2, -0.15) is 0 Å². The zero-order valence-corrected chi connectivity index (χ0v) is 22.7. The molecule has 1 saturated heterocycles. The molecule has 43 heavy (non-hydrogen) atoms. The number of hydrazine groups is 1. The van der Waals surface area contributed by atoms with Gasteiger partial charge in [-0.25, -0.2) is 9.69 Å². The molecule has 4 aromatic rings. The molecule has 4 amide bonds. The third-order valence-electron chi connectivity index (χ3n) is 8.50. The highest BCUT2D eigenvalue weighted by atomic mass is 16.5. The van der Waals surface area contributed by atoms with Gasteiger partial charge in [0.2, 0.25) is 11.8 Å². The minimum Gasteiger partial charge on any atom is -0.452 e. The lowest BCUT2D eigenvalue weighted by atomic mass is 9.55. The number of anilines is 1. The summed E-state index contributed by atoms with van der Waals surface area (Å²) in [5.74, 6) is -4.68. The summed E-state index contributed by atoms with van der Waals surface area (Å²) in [5.41, 5.74) is 9.10. The smallest absolute Gasteiger partial charge is 0.340 e. The van der Waals surface area contributed by atoms with Crippen LogP contribution in [0.2, 0.25) is 0 Å². The fraction of sp³-hybridized carbons (Fsp3) is 0.147. The molecule has 0 radical (unpaired) electrons. The van der Waals surface area contributed by atoms with E-state index in [1.54, 1.807) is 42.5 Å². The summed E-state index contributed by atoms with van der Waals surface area (Å²) in [4.78, 5) is 67.0. The zero-order chi connectivity index (χ0) is 29.7. The Hall–Kier alpha value is -5.57. The molecule has 212 valence electrons. The molecular weight excluding hydrogens is 546 g/mol. The van der Waals surface area contributed by atoms with Crippen molar-refractivity contribution in [2.75, 3.05) is 11.5 Å². The van der Waals surface area contributed by atoms with Gasteiger partial charge in [-0.05, 0) is 46.5 Å². The molecular formula is C34H25N3O6. The van der Waals surface area contributed by atoms with E-state index in [1.807, 2.05) is 48.5 Å². The minimum absolute atomic E-state index is 0.0219. The van der Waals surface area contributed by atoms with Crippen LogP contribution in [0.25, 0.3) is 0 Å². The average Bonchev–Trinajstić information content (AvgIpc) is 3.32. The van der Waals surface area contributed by atoms with Crippen LogP contribution in [0.3, 0.4) is 0 Å². The van der Waals surface area contributed by atoms with E-state index in [0.29, 0.717) is 5.56 Å². The number of imide groups is 1. The molecule has 0 saturated carbocycles. The molecule has 3 aliphatic carbocycles. The molecule has 4 aliphatic rings. The first-order valence-electron chi connectivity index (χ1n) is 13.9. The van der Waals surface area contributed by atoms with E-state index >= 15 is 0 Å². The van der Waals surface area contributed by atoms with Crippen molar-refractivity contribution in [2.24, 2.45) is 11.8 Å². The van der Waals surface area contributed by atoms with E-state index in [-0.39, 0.29) is 34.9 Å². The van der Waals surface area contributed by atoms with E-state index in [1.165, 1.54) is 12.1 Å². The van der Waals surface area contributed by atoms with Crippen LogP contribution in [0.1, 0.15) is 54.8 Å². The maximum Gasteiger partial charge on any atom is 0.340 e. The van der Waals surface area contributed by atoms with Crippen molar-refractivity contribution in [1.29, 1.82) is 0 Å². The van der Waals surface area contributed by atoms with Gasteiger partial charge in [-0.1, -0.05) is 78.9 Å². The second-order valence-electron chi connectivity index (χ2n) is 10.7. The molecule has 1 aliphatic heterocycles. The highest BCUT2D eigenvalue weighted by Gasteiger charge is 2.62. The fourth-order valence-corrected chi connectivity index (χ4v) is 6.79. The van der Waals surface area contributed by atoms with Crippen LogP contribution < -0.4 is 15.8 Å². The van der Waals surface area contributed by atoms with Gasteiger partial charge in [0, 0.05) is 17.4 Å². The summed E-state index contributed by atoms with van der Waals surface area (Å²) < 4.78 is 5.22. The Bertz CT molecular complexity index is 1700. The number of carbonyl (C=O) groups excluding carboxylic acids is 5. The number of hydrogen-bond acceptors (Lipinski definition) is 6. The maximum absolute atomic E-state index is 14.1. The van der Waals surface area contributed by atoms with Crippen LogP contribution >= 0.6 is 0 Å². The third-order valence-corrected chi connectivity index (χ3v) is 8.50. The molecule has 1 heterocycles. The van der Waals surface area contributed by atoms with E-state index in [2.05, 4.69) is 10.9 Å². The van der Waals surface area contributed by atoms with Gasteiger partial charge in [0.05, 0.1) is 23.1 Å². The average molecular weight is 572 g/mol. The fourth-order valence-electron chi connectivity index (χ4n) is 6.79. The summed E-state index contributed by atoms with van der Waals surface area (Å²) in [5, 5.41) is 0. The normalized spacial score (nSPS) is 21.0. The first-order chi connectivity index (χ1) is 21.0. The first kappa shape index (κ1) is 26.3. The van der Waals surface area contributed by atoms with Crippen molar-refractivity contribution in [3.63, 3.8) is 0 Å². The Morgan fingerprint density at radius 2 is 1.12 bits per heavy atom. The molecule has 9 nitrogen and oxygen atoms in total. The molecule has 8 rings (SSSR count). The number of esters is 1. The molecule has 0 unspecified atom stereocenters. The van der Waals surface area contributed by atoms with Crippen LogP contribution in [0.5, 0.6) is 0 Å². The molecule has 2 atom stereocenters. The number of nitrogens with one attached hydrogen (secondary N) is 2. The van der Waals surface area contributed by atoms with Gasteiger partial charge in [0.1, 0.15) is 0 Å². The van der Waals surface area contributed by atoms with E-state index in [0.717, 1.165) is 27.2 Å². The molecule has 4 aromatic carbocycles. The largest absolute Gasteiger partial charge is 0.452 e. The second-order valence-corrected chi connectivity index (χ2v) is 10.7. The monoisotopic (exact) mass is 571 g/mol. The van der Waals surface area contributed by atoms with Crippen molar-refractivity contribution in [1.82, 2.24) is 10.9 Å². The topological polar surface area (TPSA) is 122 Å². The molecule has 9 heteroatoms. The number of hydrogen-bond donors (Lipinski definition) is 2. The second kappa shape index (κ2) is 10.4. The Morgan fingerprint density at radius 1 is 0.628 bits per heavy atom. The molecule has 1 fully saturated rings. The summed E-state index contributed by atoms with van der Waals surface area (Å²) in [6, 6.07) is 30.4. The van der Waals surface area contributed by atoms with Gasteiger partial charge in [0.25, 0.3) is 11.8 Å². The number of ether oxygens (including phenoxy) is 1. The Balaban J connectivity index is 1.12. The van der Waals surface area contributed by atoms with Crippen molar-refractivity contribution >= 4 is 35.3 Å². The van der Waals surface area contributed by atoms with Crippen LogP contribution in [0, 0.1) is 11.8 Å². The van der Waals surface area contributed by atoms with Crippen molar-refractivity contribution in [3.8, 4) is 0 Å². The molecule has 0 aromatic heterocycles. The number of para-hydroxylation sites is 1. The summed E-state index contributed by atoms with van der Waals surface area (Å²) in [6.45, 7) is -0.690. The van der Waals surface area contributed by atoms with Crippen LogP contribution in [-0.2, 0) is 19.1 Å². The first-order valence-corrected chi connectivity index (χ1v) is 13.9. The zero-order valence-electron chi connectivity index (χ0n) is 22.7. The SMILES string of the molecule is O=C(COC(=O)c1ccccc1N1C(=O)[C@@H]2C3c4ccccc4C(c4ccccc43)[C@@H]2C1=O)NNC(=O)c1ccccc1. The predicted molar refractivity (Wildman–Crippen MR) is 155 cm³/mol. The lowest BCUT2D eigenvalue weighted by Gasteiger charge is -2.45. The standard InChI is InChI=1S/C34H25N3O6/c38-26(35-36-31(39)19-10-2-1-3-11-19)18-43-34(42)24-16-8-9-17-25(24)37-32(40)29-27-20-12-4-5-13-21(20)28(30(29)33(37)41)23-15-7-6-14-22(23)27/h1-17,27-30H,18H2,(H,35,38)(H,36,39)/t27?,28?,29-,30+. The van der Waals surface area contributed by atoms with Crippen LogP contribution in [0.4, 0.5) is 5.69 Å².